The van der Waals surface area contributed by atoms with Crippen molar-refractivity contribution in [3.05, 3.63) is 29.0 Å². The number of benzene rings is 1. The maximum Gasteiger partial charge on any atom is 0.307 e. The second-order valence-electron chi connectivity index (χ2n) is 4.26. The molecule has 0 saturated carbocycles. The molecule has 1 saturated heterocycles. The molecule has 1 unspecified atom stereocenters. The first-order chi connectivity index (χ1) is 8.82. The SMILES string of the molecule is O=C(O)C1CCN(S(=O)(=O)c2cc(Cl)ccc2F)C1. The topological polar surface area (TPSA) is 74.7 Å². The van der Waals surface area contributed by atoms with Crippen LogP contribution in [0.5, 0.6) is 0 Å². The predicted octanol–water partition coefficient (Wildman–Crippen LogP) is 1.57. The van der Waals surface area contributed by atoms with Crippen molar-refractivity contribution in [2.24, 2.45) is 5.92 Å². The Hall–Kier alpha value is -1.18. The van der Waals surface area contributed by atoms with Crippen molar-refractivity contribution in [2.75, 3.05) is 13.1 Å². The number of nitrogens with zero attached hydrogens (tertiary/aromatic N) is 1. The van der Waals surface area contributed by atoms with Crippen molar-refractivity contribution in [2.45, 2.75) is 11.3 Å². The van der Waals surface area contributed by atoms with Crippen molar-refractivity contribution >= 4 is 27.6 Å². The van der Waals surface area contributed by atoms with Crippen molar-refractivity contribution in [3.8, 4) is 0 Å². The monoisotopic (exact) mass is 307 g/mol. The van der Waals surface area contributed by atoms with Crippen LogP contribution >= 0.6 is 11.6 Å². The highest BCUT2D eigenvalue weighted by molar-refractivity contribution is 7.89. The van der Waals surface area contributed by atoms with Crippen LogP contribution in [0.2, 0.25) is 5.02 Å². The van der Waals surface area contributed by atoms with E-state index in [9.17, 15) is 17.6 Å². The fourth-order valence-electron chi connectivity index (χ4n) is 1.96. The van der Waals surface area contributed by atoms with E-state index < -0.39 is 32.6 Å². The van der Waals surface area contributed by atoms with Gasteiger partial charge in [-0.15, -0.1) is 0 Å². The number of hydrogen-bond donors (Lipinski definition) is 1. The minimum Gasteiger partial charge on any atom is -0.481 e. The fourth-order valence-corrected chi connectivity index (χ4v) is 3.79. The van der Waals surface area contributed by atoms with Crippen LogP contribution in [0.1, 0.15) is 6.42 Å². The molecule has 1 atom stereocenters. The summed E-state index contributed by atoms with van der Waals surface area (Å²) in [5.74, 6) is -2.70. The van der Waals surface area contributed by atoms with Crippen LogP contribution in [0.15, 0.2) is 23.1 Å². The Morgan fingerprint density at radius 1 is 1.47 bits per heavy atom. The Bertz CT molecular complexity index is 619. The van der Waals surface area contributed by atoms with E-state index in [1.165, 1.54) is 6.07 Å². The summed E-state index contributed by atoms with van der Waals surface area (Å²) in [6.45, 7) is -0.0884. The normalized spacial score (nSPS) is 20.6. The van der Waals surface area contributed by atoms with Gasteiger partial charge < -0.3 is 5.11 Å². The summed E-state index contributed by atoms with van der Waals surface area (Å²) >= 11 is 5.66. The highest BCUT2D eigenvalue weighted by atomic mass is 35.5. The fraction of sp³-hybridized carbons (Fsp3) is 0.364. The highest BCUT2D eigenvalue weighted by Gasteiger charge is 2.37. The summed E-state index contributed by atoms with van der Waals surface area (Å²) in [5, 5.41) is 8.95. The molecule has 1 heterocycles. The number of carboxylic acid groups (broad SMARTS) is 1. The van der Waals surface area contributed by atoms with Crippen LogP contribution in [0.4, 0.5) is 4.39 Å². The first-order valence-corrected chi connectivity index (χ1v) is 7.32. The molecule has 8 heteroatoms. The molecular weight excluding hydrogens is 297 g/mol. The maximum atomic E-state index is 13.6. The molecule has 1 aromatic rings. The highest BCUT2D eigenvalue weighted by Crippen LogP contribution is 2.27. The summed E-state index contributed by atoms with van der Waals surface area (Å²) in [6.07, 6.45) is 0.219. The van der Waals surface area contributed by atoms with Gasteiger partial charge >= 0.3 is 5.97 Å². The average Bonchev–Trinajstić information content (AvgIpc) is 2.82. The molecule has 0 aliphatic carbocycles. The van der Waals surface area contributed by atoms with Crippen molar-refractivity contribution in [1.82, 2.24) is 4.31 Å². The van der Waals surface area contributed by atoms with Gasteiger partial charge in [-0.25, -0.2) is 12.8 Å². The zero-order chi connectivity index (χ0) is 14.2. The number of sulfonamides is 1. The van der Waals surface area contributed by atoms with E-state index in [4.69, 9.17) is 16.7 Å². The molecule has 0 amide bonds. The molecule has 1 aliphatic rings. The first-order valence-electron chi connectivity index (χ1n) is 5.50. The molecule has 104 valence electrons. The van der Waals surface area contributed by atoms with Crippen LogP contribution in [0.25, 0.3) is 0 Å². The van der Waals surface area contributed by atoms with E-state index in [1.807, 2.05) is 0 Å². The lowest BCUT2D eigenvalue weighted by Gasteiger charge is -2.16. The quantitative estimate of drug-likeness (QED) is 0.920. The molecule has 1 aliphatic heterocycles. The minimum absolute atomic E-state index is 0.0608. The summed E-state index contributed by atoms with van der Waals surface area (Å²) < 4.78 is 39.0. The lowest BCUT2D eigenvalue weighted by molar-refractivity contribution is -0.141. The van der Waals surface area contributed by atoms with Gasteiger partial charge in [-0.05, 0) is 24.6 Å². The van der Waals surface area contributed by atoms with E-state index >= 15 is 0 Å². The molecule has 1 aromatic carbocycles. The lowest BCUT2D eigenvalue weighted by Crippen LogP contribution is -2.30. The summed E-state index contributed by atoms with van der Waals surface area (Å²) in [7, 11) is -4.05. The molecule has 1 N–H and O–H groups in total. The van der Waals surface area contributed by atoms with Gasteiger partial charge in [-0.1, -0.05) is 11.6 Å². The molecule has 0 bridgehead atoms. The molecule has 0 radical (unpaired) electrons. The van der Waals surface area contributed by atoms with Gasteiger partial charge in [-0.2, -0.15) is 4.31 Å². The average molecular weight is 308 g/mol. The number of carbonyl (C=O) groups is 1. The second-order valence-corrected chi connectivity index (χ2v) is 6.60. The van der Waals surface area contributed by atoms with Gasteiger partial charge in [-0.3, -0.25) is 4.79 Å². The maximum absolute atomic E-state index is 13.6. The van der Waals surface area contributed by atoms with Gasteiger partial charge in [0.2, 0.25) is 10.0 Å². The number of rotatable bonds is 3. The van der Waals surface area contributed by atoms with E-state index in [2.05, 4.69) is 0 Å². The first kappa shape index (κ1) is 14.2. The molecular formula is C11H11ClFNO4S. The zero-order valence-corrected chi connectivity index (χ0v) is 11.3. The Morgan fingerprint density at radius 2 is 2.16 bits per heavy atom. The largest absolute Gasteiger partial charge is 0.481 e. The smallest absolute Gasteiger partial charge is 0.307 e. The van der Waals surface area contributed by atoms with Gasteiger partial charge in [0.15, 0.2) is 0 Å². The molecule has 0 aromatic heterocycles. The van der Waals surface area contributed by atoms with Gasteiger partial charge in [0.05, 0.1) is 5.92 Å². The van der Waals surface area contributed by atoms with Gasteiger partial charge in [0.25, 0.3) is 0 Å². The van der Waals surface area contributed by atoms with Gasteiger partial charge in [0.1, 0.15) is 10.7 Å². The Morgan fingerprint density at radius 3 is 2.74 bits per heavy atom. The zero-order valence-electron chi connectivity index (χ0n) is 9.71. The van der Waals surface area contributed by atoms with Crippen LogP contribution in [0, 0.1) is 11.7 Å². The second kappa shape index (κ2) is 5.07. The molecule has 2 rings (SSSR count). The molecule has 19 heavy (non-hydrogen) atoms. The van der Waals surface area contributed by atoms with Crippen molar-refractivity contribution in [3.63, 3.8) is 0 Å². The Balaban J connectivity index is 2.33. The van der Waals surface area contributed by atoms with Crippen LogP contribution in [-0.4, -0.2) is 36.9 Å². The van der Waals surface area contributed by atoms with Crippen LogP contribution in [0.3, 0.4) is 0 Å². The van der Waals surface area contributed by atoms with E-state index in [0.717, 1.165) is 16.4 Å². The van der Waals surface area contributed by atoms with E-state index in [-0.39, 0.29) is 24.5 Å². The van der Waals surface area contributed by atoms with E-state index in [0.29, 0.717) is 0 Å². The third-order valence-electron chi connectivity index (χ3n) is 3.01. The van der Waals surface area contributed by atoms with Crippen LogP contribution in [-0.2, 0) is 14.8 Å². The standard InChI is InChI=1S/C11H11ClFNO4S/c12-8-1-2-9(13)10(5-8)19(17,18)14-4-3-7(6-14)11(15)16/h1-2,5,7H,3-4,6H2,(H,15,16). The number of aliphatic carboxylic acids is 1. The van der Waals surface area contributed by atoms with Crippen molar-refractivity contribution in [1.29, 1.82) is 0 Å². The number of carboxylic acids is 1. The predicted molar refractivity (Wildman–Crippen MR) is 65.9 cm³/mol. The lowest BCUT2D eigenvalue weighted by atomic mass is 10.1. The van der Waals surface area contributed by atoms with Crippen molar-refractivity contribution < 1.29 is 22.7 Å². The number of hydrogen-bond acceptors (Lipinski definition) is 3. The van der Waals surface area contributed by atoms with E-state index in [1.54, 1.807) is 0 Å². The summed E-state index contributed by atoms with van der Waals surface area (Å²) in [4.78, 5) is 10.3. The number of halogens is 2. The summed E-state index contributed by atoms with van der Waals surface area (Å²) in [6, 6.07) is 3.25. The Kier molecular flexibility index (Phi) is 3.80. The molecule has 1 fully saturated rings. The third-order valence-corrected chi connectivity index (χ3v) is 5.13. The molecule has 5 nitrogen and oxygen atoms in total. The molecule has 0 spiro atoms. The third kappa shape index (κ3) is 2.72. The van der Waals surface area contributed by atoms with Crippen LogP contribution < -0.4 is 0 Å². The summed E-state index contributed by atoms with van der Waals surface area (Å²) in [5.41, 5.74) is 0. The van der Waals surface area contributed by atoms with Gasteiger partial charge in [0, 0.05) is 18.1 Å². The Labute approximate surface area is 114 Å². The minimum atomic E-state index is -4.05.